The zero-order chi connectivity index (χ0) is 13.8. The molecule has 2 rings (SSSR count). The van der Waals surface area contributed by atoms with Gasteiger partial charge >= 0.3 is 0 Å². The molecule has 2 atom stereocenters. The Morgan fingerprint density at radius 1 is 1.00 bits per heavy atom. The van der Waals surface area contributed by atoms with Gasteiger partial charge in [-0.1, -0.05) is 41.9 Å². The Hall–Kier alpha value is -1.51. The lowest BCUT2D eigenvalue weighted by Gasteiger charge is -2.21. The third-order valence-electron chi connectivity index (χ3n) is 3.24. The molecule has 2 nitrogen and oxygen atoms in total. The first-order valence-corrected chi connectivity index (χ1v) is 6.75. The van der Waals surface area contributed by atoms with Crippen molar-refractivity contribution < 1.29 is 5.11 Å². The number of phenols is 1. The highest BCUT2D eigenvalue weighted by atomic mass is 35.5. The Labute approximate surface area is 119 Å². The molecule has 0 heterocycles. The van der Waals surface area contributed by atoms with Gasteiger partial charge in [-0.15, -0.1) is 0 Å². The fourth-order valence-electron chi connectivity index (χ4n) is 2.18. The first-order chi connectivity index (χ1) is 9.08. The van der Waals surface area contributed by atoms with E-state index in [1.54, 1.807) is 12.1 Å². The van der Waals surface area contributed by atoms with E-state index in [-0.39, 0.29) is 17.8 Å². The van der Waals surface area contributed by atoms with Crippen molar-refractivity contribution in [3.05, 3.63) is 64.7 Å². The van der Waals surface area contributed by atoms with Gasteiger partial charge in [0, 0.05) is 17.1 Å². The molecule has 0 amide bonds. The van der Waals surface area contributed by atoms with Gasteiger partial charge in [-0.25, -0.2) is 0 Å². The molecule has 0 saturated carbocycles. The first-order valence-electron chi connectivity index (χ1n) is 6.37. The van der Waals surface area contributed by atoms with E-state index in [4.69, 9.17) is 11.6 Å². The van der Waals surface area contributed by atoms with Crippen molar-refractivity contribution in [3.63, 3.8) is 0 Å². The van der Waals surface area contributed by atoms with Crippen LogP contribution in [0.4, 0.5) is 0 Å². The SMILES string of the molecule is CC(N[C@H](C)c1ccccc1Cl)c1cccc(O)c1. The van der Waals surface area contributed by atoms with Crippen molar-refractivity contribution in [2.75, 3.05) is 0 Å². The lowest BCUT2D eigenvalue weighted by atomic mass is 10.0. The van der Waals surface area contributed by atoms with Gasteiger partial charge in [-0.05, 0) is 43.2 Å². The highest BCUT2D eigenvalue weighted by Crippen LogP contribution is 2.26. The zero-order valence-electron chi connectivity index (χ0n) is 11.1. The van der Waals surface area contributed by atoms with Crippen molar-refractivity contribution in [3.8, 4) is 5.75 Å². The van der Waals surface area contributed by atoms with Crippen LogP contribution in [-0.4, -0.2) is 5.11 Å². The Kier molecular flexibility index (Phi) is 4.46. The summed E-state index contributed by atoms with van der Waals surface area (Å²) in [6.07, 6.45) is 0. The summed E-state index contributed by atoms with van der Waals surface area (Å²) in [5.74, 6) is 0.288. The molecule has 2 aromatic carbocycles. The minimum Gasteiger partial charge on any atom is -0.508 e. The van der Waals surface area contributed by atoms with E-state index in [0.29, 0.717) is 0 Å². The summed E-state index contributed by atoms with van der Waals surface area (Å²) in [5.41, 5.74) is 2.13. The molecule has 0 bridgehead atoms. The van der Waals surface area contributed by atoms with Crippen LogP contribution in [0.3, 0.4) is 0 Å². The summed E-state index contributed by atoms with van der Waals surface area (Å²) in [5, 5.41) is 13.8. The van der Waals surface area contributed by atoms with E-state index in [1.165, 1.54) is 0 Å². The fourth-order valence-corrected chi connectivity index (χ4v) is 2.48. The molecule has 100 valence electrons. The number of rotatable bonds is 4. The smallest absolute Gasteiger partial charge is 0.115 e. The van der Waals surface area contributed by atoms with Crippen molar-refractivity contribution in [2.45, 2.75) is 25.9 Å². The standard InChI is InChI=1S/C16H18ClNO/c1-11(13-6-5-7-14(19)10-13)18-12(2)15-8-3-4-9-16(15)17/h3-12,18-19H,1-2H3/t11?,12-/m1/s1. The second-order valence-electron chi connectivity index (χ2n) is 4.73. The predicted octanol–water partition coefficient (Wildman–Crippen LogP) is 4.46. The van der Waals surface area contributed by atoms with E-state index >= 15 is 0 Å². The maximum Gasteiger partial charge on any atom is 0.115 e. The minimum atomic E-state index is 0.137. The summed E-state index contributed by atoms with van der Waals surface area (Å²) in [4.78, 5) is 0. The molecule has 2 aromatic rings. The molecule has 0 aliphatic heterocycles. The topological polar surface area (TPSA) is 32.3 Å². The molecule has 0 fully saturated rings. The number of nitrogens with one attached hydrogen (secondary N) is 1. The van der Waals surface area contributed by atoms with E-state index in [1.807, 2.05) is 36.4 Å². The third kappa shape index (κ3) is 3.49. The molecule has 0 saturated heterocycles. The molecule has 3 heteroatoms. The summed E-state index contributed by atoms with van der Waals surface area (Å²) in [6, 6.07) is 15.4. The van der Waals surface area contributed by atoms with Crippen LogP contribution in [-0.2, 0) is 0 Å². The van der Waals surface area contributed by atoms with Gasteiger partial charge in [0.1, 0.15) is 5.75 Å². The molecule has 0 aliphatic rings. The Balaban J connectivity index is 2.11. The van der Waals surface area contributed by atoms with Crippen molar-refractivity contribution >= 4 is 11.6 Å². The van der Waals surface area contributed by atoms with Gasteiger partial charge < -0.3 is 10.4 Å². The molecule has 0 aromatic heterocycles. The Morgan fingerprint density at radius 3 is 2.42 bits per heavy atom. The zero-order valence-corrected chi connectivity index (χ0v) is 11.9. The van der Waals surface area contributed by atoms with E-state index in [0.717, 1.165) is 16.1 Å². The van der Waals surface area contributed by atoms with E-state index < -0.39 is 0 Å². The van der Waals surface area contributed by atoms with Crippen LogP contribution in [0.2, 0.25) is 5.02 Å². The molecule has 0 spiro atoms. The van der Waals surface area contributed by atoms with Gasteiger partial charge in [-0.3, -0.25) is 0 Å². The normalized spacial score (nSPS) is 14.1. The number of hydrogen-bond donors (Lipinski definition) is 2. The Morgan fingerprint density at radius 2 is 1.74 bits per heavy atom. The highest BCUT2D eigenvalue weighted by Gasteiger charge is 2.13. The average Bonchev–Trinajstić information content (AvgIpc) is 2.39. The number of benzene rings is 2. The molecule has 1 unspecified atom stereocenters. The molecule has 2 N–H and O–H groups in total. The summed E-state index contributed by atoms with van der Waals surface area (Å²) < 4.78 is 0. The quantitative estimate of drug-likeness (QED) is 0.864. The van der Waals surface area contributed by atoms with Crippen molar-refractivity contribution in [1.82, 2.24) is 5.32 Å². The van der Waals surface area contributed by atoms with Crippen LogP contribution in [0.15, 0.2) is 48.5 Å². The Bertz CT molecular complexity index is 556. The number of phenolic OH excluding ortho intramolecular Hbond substituents is 1. The minimum absolute atomic E-state index is 0.137. The lowest BCUT2D eigenvalue weighted by molar-refractivity contribution is 0.466. The van der Waals surface area contributed by atoms with Crippen LogP contribution in [0, 0.1) is 0 Å². The molecular weight excluding hydrogens is 258 g/mol. The van der Waals surface area contributed by atoms with Gasteiger partial charge in [-0.2, -0.15) is 0 Å². The predicted molar refractivity (Wildman–Crippen MR) is 79.5 cm³/mol. The van der Waals surface area contributed by atoms with Crippen LogP contribution >= 0.6 is 11.6 Å². The maximum atomic E-state index is 9.51. The van der Waals surface area contributed by atoms with Crippen molar-refractivity contribution in [2.24, 2.45) is 0 Å². The summed E-state index contributed by atoms with van der Waals surface area (Å²) in [6.45, 7) is 4.16. The maximum absolute atomic E-state index is 9.51. The molecule has 19 heavy (non-hydrogen) atoms. The lowest BCUT2D eigenvalue weighted by Crippen LogP contribution is -2.22. The number of halogens is 1. The second-order valence-corrected chi connectivity index (χ2v) is 5.13. The third-order valence-corrected chi connectivity index (χ3v) is 3.59. The van der Waals surface area contributed by atoms with Gasteiger partial charge in [0.15, 0.2) is 0 Å². The molecular formula is C16H18ClNO. The second kappa shape index (κ2) is 6.09. The summed E-state index contributed by atoms with van der Waals surface area (Å²) in [7, 11) is 0. The van der Waals surface area contributed by atoms with Crippen LogP contribution in [0.25, 0.3) is 0 Å². The fraction of sp³-hybridized carbons (Fsp3) is 0.250. The van der Waals surface area contributed by atoms with Crippen LogP contribution in [0.1, 0.15) is 37.1 Å². The average molecular weight is 276 g/mol. The van der Waals surface area contributed by atoms with E-state index in [9.17, 15) is 5.11 Å². The van der Waals surface area contributed by atoms with Crippen LogP contribution < -0.4 is 5.32 Å². The summed E-state index contributed by atoms with van der Waals surface area (Å²) >= 11 is 6.19. The monoisotopic (exact) mass is 275 g/mol. The van der Waals surface area contributed by atoms with E-state index in [2.05, 4.69) is 19.2 Å². The first kappa shape index (κ1) is 13.9. The van der Waals surface area contributed by atoms with Gasteiger partial charge in [0.25, 0.3) is 0 Å². The molecule has 0 aliphatic carbocycles. The number of hydrogen-bond acceptors (Lipinski definition) is 2. The van der Waals surface area contributed by atoms with Crippen LogP contribution in [0.5, 0.6) is 5.75 Å². The largest absolute Gasteiger partial charge is 0.508 e. The van der Waals surface area contributed by atoms with Gasteiger partial charge in [0.2, 0.25) is 0 Å². The molecule has 0 radical (unpaired) electrons. The number of aromatic hydroxyl groups is 1. The highest BCUT2D eigenvalue weighted by molar-refractivity contribution is 6.31. The van der Waals surface area contributed by atoms with Crippen molar-refractivity contribution in [1.29, 1.82) is 0 Å². The van der Waals surface area contributed by atoms with Gasteiger partial charge in [0.05, 0.1) is 0 Å².